The highest BCUT2D eigenvalue weighted by Gasteiger charge is 2.33. The maximum atomic E-state index is 13.8. The molecule has 4 aromatic carbocycles. The number of hydrogen-bond donors (Lipinski definition) is 2. The lowest BCUT2D eigenvalue weighted by Crippen LogP contribution is -2.08. The first kappa shape index (κ1) is 25.8. The van der Waals surface area contributed by atoms with Crippen LogP contribution in [-0.4, -0.2) is 16.2 Å². The van der Waals surface area contributed by atoms with Crippen LogP contribution >= 0.6 is 0 Å². The third-order valence-electron chi connectivity index (χ3n) is 5.77. The summed E-state index contributed by atoms with van der Waals surface area (Å²) < 4.78 is 61.3. The number of phenolic OH excluding ortho intramolecular Hbond substituents is 1. The molecule has 0 heterocycles. The van der Waals surface area contributed by atoms with Gasteiger partial charge in [0.15, 0.2) is 0 Å². The SMILES string of the molecule is CCCc1cc2cc(O)ccc2c(Oc2ccc(/C=C/C(=O)O)c(C(F)(F)F)c2)c1-c1ccc(F)cc1. The number of alkyl halides is 3. The highest BCUT2D eigenvalue weighted by atomic mass is 19.4. The van der Waals surface area contributed by atoms with Gasteiger partial charge in [-0.1, -0.05) is 37.6 Å². The Morgan fingerprint density at radius 2 is 1.73 bits per heavy atom. The topological polar surface area (TPSA) is 66.8 Å². The van der Waals surface area contributed by atoms with Gasteiger partial charge >= 0.3 is 12.1 Å². The highest BCUT2D eigenvalue weighted by Crippen LogP contribution is 2.44. The fourth-order valence-corrected chi connectivity index (χ4v) is 4.19. The van der Waals surface area contributed by atoms with Gasteiger partial charge in [0.2, 0.25) is 0 Å². The number of aryl methyl sites for hydroxylation is 1. The van der Waals surface area contributed by atoms with Crippen molar-refractivity contribution >= 4 is 22.8 Å². The van der Waals surface area contributed by atoms with Crippen LogP contribution in [0.1, 0.15) is 30.0 Å². The average molecular weight is 510 g/mol. The first-order valence-corrected chi connectivity index (χ1v) is 11.4. The summed E-state index contributed by atoms with van der Waals surface area (Å²) in [4.78, 5) is 10.8. The van der Waals surface area contributed by atoms with Crippen molar-refractivity contribution in [3.05, 3.63) is 95.3 Å². The van der Waals surface area contributed by atoms with Crippen molar-refractivity contribution in [3.8, 4) is 28.4 Å². The lowest BCUT2D eigenvalue weighted by atomic mass is 9.91. The zero-order chi connectivity index (χ0) is 26.7. The van der Waals surface area contributed by atoms with Gasteiger partial charge in [-0.3, -0.25) is 0 Å². The molecule has 2 N–H and O–H groups in total. The fourth-order valence-electron chi connectivity index (χ4n) is 4.19. The normalized spacial score (nSPS) is 11.8. The highest BCUT2D eigenvalue weighted by molar-refractivity contribution is 5.98. The maximum absolute atomic E-state index is 13.8. The number of carboxylic acids is 1. The minimum absolute atomic E-state index is 0.0179. The lowest BCUT2D eigenvalue weighted by molar-refractivity contribution is -0.138. The number of carboxylic acid groups (broad SMARTS) is 1. The first-order chi connectivity index (χ1) is 17.6. The van der Waals surface area contributed by atoms with E-state index in [2.05, 4.69) is 0 Å². The van der Waals surface area contributed by atoms with Crippen molar-refractivity contribution in [1.29, 1.82) is 0 Å². The van der Waals surface area contributed by atoms with Gasteiger partial charge in [-0.25, -0.2) is 9.18 Å². The van der Waals surface area contributed by atoms with Crippen molar-refractivity contribution in [2.45, 2.75) is 25.9 Å². The van der Waals surface area contributed by atoms with E-state index in [4.69, 9.17) is 9.84 Å². The van der Waals surface area contributed by atoms with E-state index < -0.39 is 23.5 Å². The molecule has 0 unspecified atom stereocenters. The van der Waals surface area contributed by atoms with Crippen LogP contribution in [0.15, 0.2) is 72.8 Å². The molecule has 0 aliphatic heterocycles. The van der Waals surface area contributed by atoms with Crippen molar-refractivity contribution < 1.29 is 37.3 Å². The molecule has 0 radical (unpaired) electrons. The van der Waals surface area contributed by atoms with Crippen LogP contribution in [0.25, 0.3) is 28.0 Å². The molecule has 0 saturated heterocycles. The molecule has 0 aliphatic rings. The molecule has 4 nitrogen and oxygen atoms in total. The monoisotopic (exact) mass is 510 g/mol. The molecule has 0 atom stereocenters. The van der Waals surface area contributed by atoms with Gasteiger partial charge in [0, 0.05) is 17.0 Å². The molecule has 0 saturated carbocycles. The molecule has 0 aliphatic carbocycles. The second-order valence-corrected chi connectivity index (χ2v) is 8.42. The van der Waals surface area contributed by atoms with Crippen LogP contribution in [0, 0.1) is 5.82 Å². The molecular weight excluding hydrogens is 488 g/mol. The van der Waals surface area contributed by atoms with E-state index in [1.807, 2.05) is 13.0 Å². The van der Waals surface area contributed by atoms with Gasteiger partial charge in [-0.15, -0.1) is 0 Å². The summed E-state index contributed by atoms with van der Waals surface area (Å²) in [5.74, 6) is -1.65. The van der Waals surface area contributed by atoms with E-state index in [0.29, 0.717) is 34.4 Å². The van der Waals surface area contributed by atoms with Crippen molar-refractivity contribution in [3.63, 3.8) is 0 Å². The zero-order valence-corrected chi connectivity index (χ0v) is 19.6. The molecule has 0 amide bonds. The quantitative estimate of drug-likeness (QED) is 0.194. The van der Waals surface area contributed by atoms with Crippen LogP contribution in [0.5, 0.6) is 17.2 Å². The third kappa shape index (κ3) is 5.74. The Kier molecular flexibility index (Phi) is 7.20. The van der Waals surface area contributed by atoms with Gasteiger partial charge in [0.1, 0.15) is 23.1 Å². The lowest BCUT2D eigenvalue weighted by Gasteiger charge is -2.20. The summed E-state index contributed by atoms with van der Waals surface area (Å²) in [6.45, 7) is 1.97. The Morgan fingerprint density at radius 3 is 2.38 bits per heavy atom. The molecule has 0 spiro atoms. The number of benzene rings is 4. The number of carbonyl (C=O) groups is 1. The molecule has 0 aromatic heterocycles. The molecule has 8 heteroatoms. The number of aliphatic carboxylic acids is 1. The van der Waals surface area contributed by atoms with E-state index in [1.165, 1.54) is 30.3 Å². The summed E-state index contributed by atoms with van der Waals surface area (Å²) in [6.07, 6.45) is -1.91. The molecular formula is C29H22F4O4. The summed E-state index contributed by atoms with van der Waals surface area (Å²) in [5.41, 5.74) is 0.655. The number of phenols is 1. The standard InChI is InChI=1S/C29H22F4O4/c1-2-3-19-14-20-15-22(34)10-12-24(20)28(27(19)18-4-8-21(30)9-5-18)37-23-11-6-17(7-13-26(35)36)25(16-23)29(31,32)33/h4-16,34H,2-3H2,1H3,(H,35,36)/b13-7+. The van der Waals surface area contributed by atoms with Gasteiger partial charge in [0.05, 0.1) is 5.56 Å². The van der Waals surface area contributed by atoms with E-state index in [-0.39, 0.29) is 22.8 Å². The largest absolute Gasteiger partial charge is 0.508 e. The van der Waals surface area contributed by atoms with E-state index in [9.17, 15) is 27.5 Å². The van der Waals surface area contributed by atoms with Gasteiger partial charge < -0.3 is 14.9 Å². The van der Waals surface area contributed by atoms with Crippen LogP contribution in [-0.2, 0) is 17.4 Å². The minimum Gasteiger partial charge on any atom is -0.508 e. The second-order valence-electron chi connectivity index (χ2n) is 8.42. The average Bonchev–Trinajstić information content (AvgIpc) is 2.83. The number of halogens is 4. The zero-order valence-electron chi connectivity index (χ0n) is 19.6. The molecule has 4 rings (SSSR count). The van der Waals surface area contributed by atoms with E-state index in [0.717, 1.165) is 30.2 Å². The van der Waals surface area contributed by atoms with Gasteiger partial charge in [0.25, 0.3) is 0 Å². The second kappa shape index (κ2) is 10.3. The maximum Gasteiger partial charge on any atom is 0.417 e. The molecule has 4 aromatic rings. The van der Waals surface area contributed by atoms with Crippen LogP contribution in [0.3, 0.4) is 0 Å². The number of fused-ring (bicyclic) bond motifs is 1. The Labute approximate surface area is 210 Å². The summed E-state index contributed by atoms with van der Waals surface area (Å²) in [5, 5.41) is 20.0. The first-order valence-electron chi connectivity index (χ1n) is 11.4. The van der Waals surface area contributed by atoms with Crippen LogP contribution in [0.4, 0.5) is 17.6 Å². The molecule has 0 bridgehead atoms. The Balaban J connectivity index is 1.96. The van der Waals surface area contributed by atoms with Crippen molar-refractivity contribution in [2.24, 2.45) is 0 Å². The molecule has 37 heavy (non-hydrogen) atoms. The van der Waals surface area contributed by atoms with E-state index in [1.54, 1.807) is 18.2 Å². The van der Waals surface area contributed by atoms with Gasteiger partial charge in [-0.05, 0) is 77.0 Å². The Morgan fingerprint density at radius 1 is 1.00 bits per heavy atom. The summed E-state index contributed by atoms with van der Waals surface area (Å²) in [6, 6.07) is 15.5. The molecule has 190 valence electrons. The van der Waals surface area contributed by atoms with Crippen LogP contribution in [0.2, 0.25) is 0 Å². The Bertz CT molecular complexity index is 1490. The summed E-state index contributed by atoms with van der Waals surface area (Å²) in [7, 11) is 0. The predicted octanol–water partition coefficient (Wildman–Crippen LogP) is 8.21. The van der Waals surface area contributed by atoms with E-state index >= 15 is 0 Å². The number of aromatic hydroxyl groups is 1. The van der Waals surface area contributed by atoms with Crippen molar-refractivity contribution in [1.82, 2.24) is 0 Å². The smallest absolute Gasteiger partial charge is 0.417 e. The molecule has 0 fully saturated rings. The third-order valence-corrected chi connectivity index (χ3v) is 5.77. The van der Waals surface area contributed by atoms with Gasteiger partial charge in [-0.2, -0.15) is 13.2 Å². The summed E-state index contributed by atoms with van der Waals surface area (Å²) >= 11 is 0. The fraction of sp³-hybridized carbons (Fsp3) is 0.138. The van der Waals surface area contributed by atoms with Crippen molar-refractivity contribution in [2.75, 3.05) is 0 Å². The minimum atomic E-state index is -4.77. The number of hydrogen-bond acceptors (Lipinski definition) is 3. The Hall–Kier alpha value is -4.33. The number of ether oxygens (including phenoxy) is 1. The predicted molar refractivity (Wildman–Crippen MR) is 133 cm³/mol. The van der Waals surface area contributed by atoms with Crippen LogP contribution < -0.4 is 4.74 Å². The number of rotatable bonds is 7.